The number of carbonyl (C=O) groups is 1. The van der Waals surface area contributed by atoms with Crippen LogP contribution in [0.4, 0.5) is 0 Å². The van der Waals surface area contributed by atoms with E-state index in [0.717, 1.165) is 5.57 Å². The van der Waals surface area contributed by atoms with Gasteiger partial charge in [0.15, 0.2) is 0 Å². The summed E-state index contributed by atoms with van der Waals surface area (Å²) >= 11 is 0. The van der Waals surface area contributed by atoms with Crippen LogP contribution in [0.2, 0.25) is 0 Å². The van der Waals surface area contributed by atoms with Gasteiger partial charge in [-0.1, -0.05) is 12.2 Å². The summed E-state index contributed by atoms with van der Waals surface area (Å²) in [5, 5.41) is 8.20. The molecule has 0 aliphatic rings. The molecule has 3 heteroatoms. The van der Waals surface area contributed by atoms with Gasteiger partial charge < -0.3 is 4.90 Å². The molecule has 11 heavy (non-hydrogen) atoms. The molecule has 3 nitrogen and oxygen atoms in total. The molecule has 0 aliphatic carbocycles. The molecule has 0 N–H and O–H groups in total. The summed E-state index contributed by atoms with van der Waals surface area (Å²) in [5.74, 6) is -0.157. The van der Waals surface area contributed by atoms with Crippen molar-refractivity contribution in [1.29, 1.82) is 5.26 Å². The standard InChI is InChI=1S/C8H12N2O/c1-7(2)6-10(3)8(11)4-5-9/h1,4,6H2,2-3H3. The zero-order valence-corrected chi connectivity index (χ0v) is 6.92. The summed E-state index contributed by atoms with van der Waals surface area (Å²) in [7, 11) is 1.66. The number of nitriles is 1. The Morgan fingerprint density at radius 3 is 2.64 bits per heavy atom. The lowest BCUT2D eigenvalue weighted by Gasteiger charge is -2.14. The van der Waals surface area contributed by atoms with E-state index in [1.165, 1.54) is 4.90 Å². The zero-order chi connectivity index (χ0) is 8.85. The van der Waals surface area contributed by atoms with Gasteiger partial charge in [0, 0.05) is 13.6 Å². The van der Waals surface area contributed by atoms with Crippen molar-refractivity contribution in [3.05, 3.63) is 12.2 Å². The second kappa shape index (κ2) is 4.51. The van der Waals surface area contributed by atoms with Gasteiger partial charge in [0.2, 0.25) is 5.91 Å². The lowest BCUT2D eigenvalue weighted by molar-refractivity contribution is -0.128. The third-order valence-corrected chi connectivity index (χ3v) is 1.16. The molecular weight excluding hydrogens is 140 g/mol. The highest BCUT2D eigenvalue weighted by atomic mass is 16.2. The first-order chi connectivity index (χ1) is 5.07. The number of hydrogen-bond acceptors (Lipinski definition) is 2. The summed E-state index contributed by atoms with van der Waals surface area (Å²) in [6.45, 7) is 6.03. The third-order valence-electron chi connectivity index (χ3n) is 1.16. The normalized spacial score (nSPS) is 8.45. The molecule has 0 bridgehead atoms. The molecule has 0 spiro atoms. The second-order valence-electron chi connectivity index (χ2n) is 2.54. The number of nitrogens with zero attached hydrogens (tertiary/aromatic N) is 2. The largest absolute Gasteiger partial charge is 0.341 e. The van der Waals surface area contributed by atoms with E-state index in [1.54, 1.807) is 13.1 Å². The van der Waals surface area contributed by atoms with Crippen molar-refractivity contribution in [3.8, 4) is 6.07 Å². The molecule has 0 fully saturated rings. The van der Waals surface area contributed by atoms with Crippen LogP contribution in [0.25, 0.3) is 0 Å². The first-order valence-electron chi connectivity index (χ1n) is 3.33. The van der Waals surface area contributed by atoms with Crippen LogP contribution in [0.3, 0.4) is 0 Å². The highest BCUT2D eigenvalue weighted by molar-refractivity contribution is 5.78. The summed E-state index contributed by atoms with van der Waals surface area (Å²) in [6.07, 6.45) is -0.0518. The fourth-order valence-electron chi connectivity index (χ4n) is 0.696. The molecule has 0 rings (SSSR count). The fourth-order valence-corrected chi connectivity index (χ4v) is 0.696. The molecule has 0 aromatic rings. The lowest BCUT2D eigenvalue weighted by atomic mass is 10.3. The van der Waals surface area contributed by atoms with Gasteiger partial charge in [0.1, 0.15) is 6.42 Å². The minimum Gasteiger partial charge on any atom is -0.341 e. The molecule has 0 aliphatic heterocycles. The average Bonchev–Trinajstić information content (AvgIpc) is 1.86. The van der Waals surface area contributed by atoms with Crippen LogP contribution in [0.1, 0.15) is 13.3 Å². The SMILES string of the molecule is C=C(C)CN(C)C(=O)CC#N. The fraction of sp³-hybridized carbons (Fsp3) is 0.500. The maximum absolute atomic E-state index is 10.9. The molecule has 0 saturated heterocycles. The average molecular weight is 152 g/mol. The van der Waals surface area contributed by atoms with Crippen molar-refractivity contribution in [1.82, 2.24) is 4.90 Å². The van der Waals surface area contributed by atoms with E-state index in [-0.39, 0.29) is 12.3 Å². The summed E-state index contributed by atoms with van der Waals surface area (Å²) < 4.78 is 0. The predicted molar refractivity (Wildman–Crippen MR) is 42.7 cm³/mol. The third kappa shape index (κ3) is 4.15. The minimum atomic E-state index is -0.157. The number of carbonyl (C=O) groups excluding carboxylic acids is 1. The molecule has 0 atom stereocenters. The van der Waals surface area contributed by atoms with Crippen molar-refractivity contribution in [2.45, 2.75) is 13.3 Å². The van der Waals surface area contributed by atoms with Crippen LogP contribution in [0.15, 0.2) is 12.2 Å². The van der Waals surface area contributed by atoms with Gasteiger partial charge >= 0.3 is 0 Å². The highest BCUT2D eigenvalue weighted by Gasteiger charge is 2.06. The maximum atomic E-state index is 10.9. The monoisotopic (exact) mass is 152 g/mol. The topological polar surface area (TPSA) is 44.1 Å². The van der Waals surface area contributed by atoms with Gasteiger partial charge in [0.25, 0.3) is 0 Å². The molecule has 0 radical (unpaired) electrons. The van der Waals surface area contributed by atoms with E-state index in [1.807, 2.05) is 6.92 Å². The van der Waals surface area contributed by atoms with Crippen LogP contribution in [0, 0.1) is 11.3 Å². The summed E-state index contributed by atoms with van der Waals surface area (Å²) in [6, 6.07) is 1.80. The minimum absolute atomic E-state index is 0.0518. The van der Waals surface area contributed by atoms with E-state index in [9.17, 15) is 4.79 Å². The van der Waals surface area contributed by atoms with Gasteiger partial charge in [-0.3, -0.25) is 4.79 Å². The van der Waals surface area contributed by atoms with Crippen LogP contribution in [-0.4, -0.2) is 24.4 Å². The number of amides is 1. The summed E-state index contributed by atoms with van der Waals surface area (Å²) in [5.41, 5.74) is 0.916. The molecule has 0 unspecified atom stereocenters. The first kappa shape index (κ1) is 9.70. The zero-order valence-electron chi connectivity index (χ0n) is 6.92. The molecule has 0 aromatic heterocycles. The van der Waals surface area contributed by atoms with E-state index in [0.29, 0.717) is 6.54 Å². The van der Waals surface area contributed by atoms with Crippen LogP contribution < -0.4 is 0 Å². The Morgan fingerprint density at radius 2 is 2.27 bits per heavy atom. The quantitative estimate of drug-likeness (QED) is 0.565. The van der Waals surface area contributed by atoms with Crippen molar-refractivity contribution < 1.29 is 4.79 Å². The van der Waals surface area contributed by atoms with Crippen molar-refractivity contribution in [2.75, 3.05) is 13.6 Å². The Morgan fingerprint density at radius 1 is 1.73 bits per heavy atom. The van der Waals surface area contributed by atoms with E-state index < -0.39 is 0 Å². The first-order valence-corrected chi connectivity index (χ1v) is 3.33. The van der Waals surface area contributed by atoms with Crippen molar-refractivity contribution in [2.24, 2.45) is 0 Å². The molecule has 0 saturated carbocycles. The van der Waals surface area contributed by atoms with E-state index in [2.05, 4.69) is 6.58 Å². The molecule has 0 aromatic carbocycles. The van der Waals surface area contributed by atoms with Crippen molar-refractivity contribution in [3.63, 3.8) is 0 Å². The van der Waals surface area contributed by atoms with Gasteiger partial charge in [-0.15, -0.1) is 0 Å². The van der Waals surface area contributed by atoms with Gasteiger partial charge in [-0.05, 0) is 6.92 Å². The Balaban J connectivity index is 3.85. The molecule has 1 amide bonds. The number of hydrogen-bond donors (Lipinski definition) is 0. The van der Waals surface area contributed by atoms with Gasteiger partial charge in [-0.2, -0.15) is 5.26 Å². The van der Waals surface area contributed by atoms with E-state index in [4.69, 9.17) is 5.26 Å². The van der Waals surface area contributed by atoms with Gasteiger partial charge in [-0.25, -0.2) is 0 Å². The molecule has 0 heterocycles. The van der Waals surface area contributed by atoms with E-state index >= 15 is 0 Å². The second-order valence-corrected chi connectivity index (χ2v) is 2.54. The Bertz CT molecular complexity index is 203. The van der Waals surface area contributed by atoms with Crippen LogP contribution >= 0.6 is 0 Å². The predicted octanol–water partition coefficient (Wildman–Crippen LogP) is 0.935. The number of likely N-dealkylation sites (N-methyl/N-ethyl adjacent to an activating group) is 1. The van der Waals surface area contributed by atoms with Crippen LogP contribution in [-0.2, 0) is 4.79 Å². The molecule has 60 valence electrons. The van der Waals surface area contributed by atoms with Gasteiger partial charge in [0.05, 0.1) is 6.07 Å². The molecular formula is C8H12N2O. The smallest absolute Gasteiger partial charge is 0.236 e. The number of rotatable bonds is 3. The Labute approximate surface area is 66.9 Å². The van der Waals surface area contributed by atoms with Crippen molar-refractivity contribution >= 4 is 5.91 Å². The Hall–Kier alpha value is -1.30. The maximum Gasteiger partial charge on any atom is 0.236 e. The summed E-state index contributed by atoms with van der Waals surface area (Å²) in [4.78, 5) is 12.4. The lowest BCUT2D eigenvalue weighted by Crippen LogP contribution is -2.27. The highest BCUT2D eigenvalue weighted by Crippen LogP contribution is 1.94. The van der Waals surface area contributed by atoms with Crippen LogP contribution in [0.5, 0.6) is 0 Å². The Kier molecular flexibility index (Phi) is 3.97.